The molecule has 1 atom stereocenters. The van der Waals surface area contributed by atoms with Crippen LogP contribution < -0.4 is 15.1 Å². The molecular weight excluding hydrogens is 447 g/mol. The molecule has 8 heteroatoms. The second kappa shape index (κ2) is 8.06. The molecule has 0 saturated heterocycles. The van der Waals surface area contributed by atoms with Crippen LogP contribution >= 0.6 is 0 Å². The van der Waals surface area contributed by atoms with Crippen molar-refractivity contribution in [2.45, 2.75) is 19.1 Å². The summed E-state index contributed by atoms with van der Waals surface area (Å²) in [6, 6.07) is 16.8. The number of fused-ring (bicyclic) bond motifs is 2. The van der Waals surface area contributed by atoms with E-state index in [0.29, 0.717) is 17.9 Å². The number of benzene rings is 3. The molecule has 5 rings (SSSR count). The summed E-state index contributed by atoms with van der Waals surface area (Å²) in [5, 5.41) is 0.283. The molecular formula is C26H18F3NO4. The van der Waals surface area contributed by atoms with Crippen molar-refractivity contribution in [3.63, 3.8) is 0 Å². The fourth-order valence-corrected chi connectivity index (χ4v) is 4.27. The first-order valence-electron chi connectivity index (χ1n) is 10.6. The van der Waals surface area contributed by atoms with Gasteiger partial charge in [-0.3, -0.25) is 14.5 Å². The van der Waals surface area contributed by atoms with E-state index in [0.717, 1.165) is 12.1 Å². The maximum absolute atomic E-state index is 13.5. The van der Waals surface area contributed by atoms with Gasteiger partial charge in [-0.05, 0) is 55.0 Å². The number of hydrogen-bond acceptors (Lipinski definition) is 4. The molecule has 0 saturated carbocycles. The Morgan fingerprint density at radius 1 is 0.971 bits per heavy atom. The molecule has 1 aliphatic heterocycles. The van der Waals surface area contributed by atoms with Crippen LogP contribution in [0.15, 0.2) is 82.0 Å². The van der Waals surface area contributed by atoms with Crippen LogP contribution in [0.25, 0.3) is 11.0 Å². The predicted molar refractivity (Wildman–Crippen MR) is 120 cm³/mol. The van der Waals surface area contributed by atoms with Crippen molar-refractivity contribution >= 4 is 22.6 Å². The van der Waals surface area contributed by atoms with E-state index in [-0.39, 0.29) is 28.0 Å². The van der Waals surface area contributed by atoms with E-state index in [1.807, 2.05) is 6.92 Å². The monoisotopic (exact) mass is 465 g/mol. The minimum Gasteiger partial charge on any atom is -0.494 e. The molecule has 0 aliphatic carbocycles. The Bertz CT molecular complexity index is 1480. The van der Waals surface area contributed by atoms with Crippen molar-refractivity contribution in [3.05, 3.63) is 105 Å². The second-order valence-corrected chi connectivity index (χ2v) is 7.80. The van der Waals surface area contributed by atoms with Crippen molar-refractivity contribution in [1.29, 1.82) is 0 Å². The molecule has 3 aromatic carbocycles. The average molecular weight is 465 g/mol. The van der Waals surface area contributed by atoms with Crippen LogP contribution in [0.5, 0.6) is 5.75 Å². The molecule has 172 valence electrons. The van der Waals surface area contributed by atoms with E-state index in [1.54, 1.807) is 48.5 Å². The average Bonchev–Trinajstić information content (AvgIpc) is 3.12. The van der Waals surface area contributed by atoms with Gasteiger partial charge in [0.2, 0.25) is 5.76 Å². The molecule has 0 N–H and O–H groups in total. The van der Waals surface area contributed by atoms with Crippen molar-refractivity contribution in [2.24, 2.45) is 0 Å². The number of rotatable bonds is 4. The first kappa shape index (κ1) is 21.8. The second-order valence-electron chi connectivity index (χ2n) is 7.80. The van der Waals surface area contributed by atoms with Crippen LogP contribution in [-0.4, -0.2) is 12.5 Å². The van der Waals surface area contributed by atoms with Crippen molar-refractivity contribution in [1.82, 2.24) is 0 Å². The molecule has 0 fully saturated rings. The van der Waals surface area contributed by atoms with E-state index in [9.17, 15) is 22.8 Å². The number of ether oxygens (including phenoxy) is 1. The Balaban J connectivity index is 1.78. The highest BCUT2D eigenvalue weighted by Crippen LogP contribution is 2.43. The molecule has 1 aromatic heterocycles. The van der Waals surface area contributed by atoms with Crippen LogP contribution in [0.2, 0.25) is 0 Å². The highest BCUT2D eigenvalue weighted by molar-refractivity contribution is 6.10. The zero-order chi connectivity index (χ0) is 24.0. The minimum absolute atomic E-state index is 0.00138. The number of halogens is 3. The maximum Gasteiger partial charge on any atom is 0.416 e. The fraction of sp³-hybridized carbons (Fsp3) is 0.154. The molecule has 0 spiro atoms. The number of para-hydroxylation sites is 1. The fourth-order valence-electron chi connectivity index (χ4n) is 4.27. The molecule has 2 heterocycles. The Morgan fingerprint density at radius 2 is 1.74 bits per heavy atom. The molecule has 4 aromatic rings. The van der Waals surface area contributed by atoms with Gasteiger partial charge in [0.1, 0.15) is 11.3 Å². The van der Waals surface area contributed by atoms with Crippen molar-refractivity contribution in [3.8, 4) is 5.75 Å². The number of nitrogens with zero attached hydrogens (tertiary/aromatic N) is 1. The van der Waals surface area contributed by atoms with E-state index < -0.39 is 29.1 Å². The number of alkyl halides is 3. The highest BCUT2D eigenvalue weighted by atomic mass is 19.4. The predicted octanol–water partition coefficient (Wildman–Crippen LogP) is 5.96. The lowest BCUT2D eigenvalue weighted by atomic mass is 9.98. The summed E-state index contributed by atoms with van der Waals surface area (Å²) < 4.78 is 51.7. The van der Waals surface area contributed by atoms with E-state index >= 15 is 0 Å². The van der Waals surface area contributed by atoms with Gasteiger partial charge in [0.25, 0.3) is 5.91 Å². The van der Waals surface area contributed by atoms with Gasteiger partial charge in [-0.25, -0.2) is 0 Å². The normalized spacial score (nSPS) is 15.6. The number of carbonyl (C=O) groups is 1. The first-order chi connectivity index (χ1) is 16.3. The van der Waals surface area contributed by atoms with Crippen LogP contribution in [0.1, 0.15) is 40.2 Å². The van der Waals surface area contributed by atoms with Gasteiger partial charge in [0.15, 0.2) is 5.43 Å². The summed E-state index contributed by atoms with van der Waals surface area (Å²) in [5.41, 5.74) is -0.492. The molecule has 1 amide bonds. The quantitative estimate of drug-likeness (QED) is 0.373. The summed E-state index contributed by atoms with van der Waals surface area (Å²) >= 11 is 0. The van der Waals surface area contributed by atoms with Gasteiger partial charge < -0.3 is 9.15 Å². The standard InChI is InChI=1S/C26H18F3NO4/c1-2-33-18-10-5-7-15(13-18)22-21-23(31)19-11-3-4-12-20(19)34-24(21)25(32)30(22)17-9-6-8-16(14-17)26(27,28)29/h3-14,22H,2H2,1H3. The summed E-state index contributed by atoms with van der Waals surface area (Å²) in [6.45, 7) is 2.21. The molecule has 1 unspecified atom stereocenters. The third-order valence-corrected chi connectivity index (χ3v) is 5.71. The molecule has 0 radical (unpaired) electrons. The zero-order valence-electron chi connectivity index (χ0n) is 17.9. The number of amides is 1. The highest BCUT2D eigenvalue weighted by Gasteiger charge is 2.44. The maximum atomic E-state index is 13.5. The molecule has 0 bridgehead atoms. The lowest BCUT2D eigenvalue weighted by Crippen LogP contribution is -2.29. The number of carbonyl (C=O) groups excluding carboxylic acids is 1. The zero-order valence-corrected chi connectivity index (χ0v) is 17.9. The van der Waals surface area contributed by atoms with Crippen molar-refractivity contribution < 1.29 is 27.1 Å². The Morgan fingerprint density at radius 3 is 2.50 bits per heavy atom. The summed E-state index contributed by atoms with van der Waals surface area (Å²) in [6.07, 6.45) is -4.60. The summed E-state index contributed by atoms with van der Waals surface area (Å²) in [7, 11) is 0. The van der Waals surface area contributed by atoms with Gasteiger partial charge in [-0.2, -0.15) is 13.2 Å². The third kappa shape index (κ3) is 3.51. The van der Waals surface area contributed by atoms with Crippen molar-refractivity contribution in [2.75, 3.05) is 11.5 Å². The lowest BCUT2D eigenvalue weighted by molar-refractivity contribution is -0.137. The van der Waals surface area contributed by atoms with E-state index in [4.69, 9.17) is 9.15 Å². The Hall–Kier alpha value is -4.07. The van der Waals surface area contributed by atoms with Gasteiger partial charge in [0, 0.05) is 5.69 Å². The smallest absolute Gasteiger partial charge is 0.416 e. The Labute approximate surface area is 192 Å². The SMILES string of the molecule is CCOc1cccc(C2c3c(oc4ccccc4c3=O)C(=O)N2c2cccc(C(F)(F)F)c2)c1. The van der Waals surface area contributed by atoms with Gasteiger partial charge in [-0.15, -0.1) is 0 Å². The molecule has 5 nitrogen and oxygen atoms in total. The molecule has 1 aliphatic rings. The van der Waals surface area contributed by atoms with Gasteiger partial charge >= 0.3 is 6.18 Å². The number of anilines is 1. The van der Waals surface area contributed by atoms with E-state index in [2.05, 4.69) is 0 Å². The third-order valence-electron chi connectivity index (χ3n) is 5.71. The first-order valence-corrected chi connectivity index (χ1v) is 10.6. The number of hydrogen-bond donors (Lipinski definition) is 0. The lowest BCUT2D eigenvalue weighted by Gasteiger charge is -2.26. The summed E-state index contributed by atoms with van der Waals surface area (Å²) in [5.74, 6) is -0.369. The van der Waals surface area contributed by atoms with Gasteiger partial charge in [-0.1, -0.05) is 30.3 Å². The van der Waals surface area contributed by atoms with Crippen LogP contribution in [0.3, 0.4) is 0 Å². The van der Waals surface area contributed by atoms with Gasteiger partial charge in [0.05, 0.1) is 29.2 Å². The van der Waals surface area contributed by atoms with E-state index in [1.165, 1.54) is 17.0 Å². The van der Waals surface area contributed by atoms with Crippen LogP contribution in [0, 0.1) is 0 Å². The largest absolute Gasteiger partial charge is 0.494 e. The summed E-state index contributed by atoms with van der Waals surface area (Å²) in [4.78, 5) is 28.2. The topological polar surface area (TPSA) is 59.8 Å². The van der Waals surface area contributed by atoms with Crippen LogP contribution in [0.4, 0.5) is 18.9 Å². The minimum atomic E-state index is -4.60. The van der Waals surface area contributed by atoms with Crippen LogP contribution in [-0.2, 0) is 6.18 Å². The Kier molecular flexibility index (Phi) is 5.16. The molecule has 34 heavy (non-hydrogen) atoms.